The van der Waals surface area contributed by atoms with E-state index in [9.17, 15) is 0 Å². The highest BCUT2D eigenvalue weighted by molar-refractivity contribution is 14.0. The highest BCUT2D eigenvalue weighted by Gasteiger charge is 2.07. The Morgan fingerprint density at radius 3 is 2.56 bits per heavy atom. The first-order valence-electron chi connectivity index (χ1n) is 7.98. The number of nitrogens with zero attached hydrogens (tertiary/aromatic N) is 1. The molecule has 0 aliphatic rings. The van der Waals surface area contributed by atoms with Gasteiger partial charge in [-0.05, 0) is 37.1 Å². The molecule has 0 fully saturated rings. The van der Waals surface area contributed by atoms with E-state index in [4.69, 9.17) is 10.5 Å². The quantitative estimate of drug-likeness (QED) is 0.264. The van der Waals surface area contributed by atoms with Gasteiger partial charge in [-0.3, -0.25) is 4.99 Å². The molecule has 2 rings (SSSR count). The predicted octanol–water partition coefficient (Wildman–Crippen LogP) is 4.78. The summed E-state index contributed by atoms with van der Waals surface area (Å²) in [6.07, 6.45) is 0. The van der Waals surface area contributed by atoms with E-state index in [0.717, 1.165) is 22.1 Å². The van der Waals surface area contributed by atoms with Crippen LogP contribution >= 0.6 is 35.7 Å². The minimum atomic E-state index is 0. The molecule has 0 aliphatic carbocycles. The zero-order valence-electron chi connectivity index (χ0n) is 14.9. The van der Waals surface area contributed by atoms with Gasteiger partial charge < -0.3 is 15.8 Å². The number of guanidine groups is 1. The zero-order chi connectivity index (χ0) is 17.4. The van der Waals surface area contributed by atoms with Gasteiger partial charge in [0.1, 0.15) is 5.75 Å². The lowest BCUT2D eigenvalue weighted by Gasteiger charge is -2.12. The van der Waals surface area contributed by atoms with Gasteiger partial charge in [-0.25, -0.2) is 0 Å². The number of nitrogens with one attached hydrogen (secondary N) is 1. The number of rotatable bonds is 7. The van der Waals surface area contributed by atoms with Gasteiger partial charge in [0, 0.05) is 22.9 Å². The van der Waals surface area contributed by atoms with Crippen molar-refractivity contribution in [3.05, 3.63) is 54.1 Å². The van der Waals surface area contributed by atoms with Crippen LogP contribution in [0.3, 0.4) is 0 Å². The smallest absolute Gasteiger partial charge is 0.193 e. The van der Waals surface area contributed by atoms with Gasteiger partial charge in [0.2, 0.25) is 0 Å². The van der Waals surface area contributed by atoms with Gasteiger partial charge in [-0.2, -0.15) is 0 Å². The Kier molecular flexibility index (Phi) is 9.74. The van der Waals surface area contributed by atoms with Crippen molar-refractivity contribution < 1.29 is 4.74 Å². The summed E-state index contributed by atoms with van der Waals surface area (Å²) in [5.74, 6) is 2.74. The highest BCUT2D eigenvalue weighted by atomic mass is 127. The average Bonchev–Trinajstić information content (AvgIpc) is 2.60. The van der Waals surface area contributed by atoms with Crippen LogP contribution in [0.1, 0.15) is 12.5 Å². The number of thioether (sulfide) groups is 1. The summed E-state index contributed by atoms with van der Waals surface area (Å²) in [5, 5.41) is 3.12. The van der Waals surface area contributed by atoms with E-state index in [2.05, 4.69) is 30.2 Å². The maximum atomic E-state index is 5.96. The number of nitrogens with two attached hydrogens (primary N) is 1. The lowest BCUT2D eigenvalue weighted by molar-refractivity contribution is 0.405. The Balaban J connectivity index is 0.00000312. The Labute approximate surface area is 171 Å². The van der Waals surface area contributed by atoms with Gasteiger partial charge in [-0.1, -0.05) is 36.8 Å². The molecule has 0 spiro atoms. The number of aliphatic imine (C=N–C) groups is 1. The summed E-state index contributed by atoms with van der Waals surface area (Å²) in [5.41, 5.74) is 8.13. The fourth-order valence-corrected chi connectivity index (χ4v) is 3.14. The summed E-state index contributed by atoms with van der Waals surface area (Å²) in [7, 11) is 1.70. The molecule has 6 heteroatoms. The molecule has 0 saturated heterocycles. The third kappa shape index (κ3) is 7.56. The third-order valence-electron chi connectivity index (χ3n) is 3.49. The van der Waals surface area contributed by atoms with E-state index in [-0.39, 0.29) is 24.0 Å². The molecule has 0 heterocycles. The summed E-state index contributed by atoms with van der Waals surface area (Å²) < 4.78 is 5.37. The lowest BCUT2D eigenvalue weighted by Crippen LogP contribution is -2.23. The fourth-order valence-electron chi connectivity index (χ4n) is 2.10. The van der Waals surface area contributed by atoms with Crippen molar-refractivity contribution in [3.63, 3.8) is 0 Å². The second-order valence-corrected chi connectivity index (χ2v) is 6.85. The van der Waals surface area contributed by atoms with Crippen LogP contribution in [0.25, 0.3) is 0 Å². The molecule has 0 amide bonds. The van der Waals surface area contributed by atoms with Crippen LogP contribution in [0.5, 0.6) is 5.75 Å². The molecule has 1 atom stereocenters. The van der Waals surface area contributed by atoms with Crippen LogP contribution in [0.2, 0.25) is 0 Å². The number of hydrogen-bond acceptors (Lipinski definition) is 3. The summed E-state index contributed by atoms with van der Waals surface area (Å²) >= 11 is 1.78. The van der Waals surface area contributed by atoms with Gasteiger partial charge in [0.15, 0.2) is 5.96 Å². The molecule has 0 saturated carbocycles. The van der Waals surface area contributed by atoms with E-state index in [0.29, 0.717) is 18.4 Å². The Morgan fingerprint density at radius 1 is 1.20 bits per heavy atom. The standard InChI is InChI=1S/C19H25N3OS.HI/c1-14-8-10-16(11-9-14)22-19(20)21-12-15(2)13-24-18-7-5-4-6-17(18)23-3;/h4-11,15H,12-13H2,1-3H3,(H3,20,21,22);1H. The van der Waals surface area contributed by atoms with E-state index in [1.807, 2.05) is 42.5 Å². The summed E-state index contributed by atoms with van der Waals surface area (Å²) in [6.45, 7) is 4.92. The van der Waals surface area contributed by atoms with Crippen molar-refractivity contribution in [2.45, 2.75) is 18.7 Å². The van der Waals surface area contributed by atoms with Crippen molar-refractivity contribution in [2.75, 3.05) is 24.7 Å². The van der Waals surface area contributed by atoms with E-state index in [1.165, 1.54) is 5.56 Å². The predicted molar refractivity (Wildman–Crippen MR) is 120 cm³/mol. The van der Waals surface area contributed by atoms with Gasteiger partial charge in [-0.15, -0.1) is 35.7 Å². The largest absolute Gasteiger partial charge is 0.496 e. The van der Waals surface area contributed by atoms with Crippen LogP contribution in [0.15, 0.2) is 58.4 Å². The molecule has 2 aromatic carbocycles. The van der Waals surface area contributed by atoms with Crippen molar-refractivity contribution in [1.82, 2.24) is 0 Å². The highest BCUT2D eigenvalue weighted by Crippen LogP contribution is 2.30. The van der Waals surface area contributed by atoms with Crippen LogP contribution in [-0.4, -0.2) is 25.4 Å². The average molecular weight is 471 g/mol. The van der Waals surface area contributed by atoms with Crippen LogP contribution in [0, 0.1) is 12.8 Å². The van der Waals surface area contributed by atoms with Gasteiger partial charge in [0.25, 0.3) is 0 Å². The number of halogens is 1. The Morgan fingerprint density at radius 2 is 1.88 bits per heavy atom. The van der Waals surface area contributed by atoms with E-state index < -0.39 is 0 Å². The molecule has 2 aromatic rings. The summed E-state index contributed by atoms with van der Waals surface area (Å²) in [6, 6.07) is 16.1. The topological polar surface area (TPSA) is 59.6 Å². The monoisotopic (exact) mass is 471 g/mol. The van der Waals surface area contributed by atoms with Crippen LogP contribution < -0.4 is 15.8 Å². The van der Waals surface area contributed by atoms with Crippen molar-refractivity contribution in [3.8, 4) is 5.75 Å². The second-order valence-electron chi connectivity index (χ2n) is 5.78. The molecule has 4 nitrogen and oxygen atoms in total. The SMILES string of the molecule is COc1ccccc1SCC(C)CN=C(N)Nc1ccc(C)cc1.I. The van der Waals surface area contributed by atoms with Crippen molar-refractivity contribution in [1.29, 1.82) is 0 Å². The third-order valence-corrected chi connectivity index (χ3v) is 4.87. The first kappa shape index (κ1) is 21.6. The Hall–Kier alpha value is -1.41. The molecule has 1 unspecified atom stereocenters. The molecule has 0 radical (unpaired) electrons. The Bertz CT molecular complexity index is 677. The van der Waals surface area contributed by atoms with Crippen LogP contribution in [0.4, 0.5) is 5.69 Å². The lowest BCUT2D eigenvalue weighted by atomic mass is 10.2. The number of anilines is 1. The molecular formula is C19H26IN3OS. The van der Waals surface area contributed by atoms with Crippen molar-refractivity contribution >= 4 is 47.4 Å². The fraction of sp³-hybridized carbons (Fsp3) is 0.316. The van der Waals surface area contributed by atoms with Crippen molar-refractivity contribution in [2.24, 2.45) is 16.6 Å². The maximum Gasteiger partial charge on any atom is 0.193 e. The molecule has 0 aromatic heterocycles. The number of benzene rings is 2. The van der Waals surface area contributed by atoms with Crippen LogP contribution in [-0.2, 0) is 0 Å². The van der Waals surface area contributed by atoms with E-state index >= 15 is 0 Å². The molecule has 25 heavy (non-hydrogen) atoms. The number of hydrogen-bond donors (Lipinski definition) is 2. The number of methoxy groups -OCH3 is 1. The molecule has 0 aliphatic heterocycles. The minimum Gasteiger partial charge on any atom is -0.496 e. The number of para-hydroxylation sites is 1. The molecule has 0 bridgehead atoms. The first-order valence-corrected chi connectivity index (χ1v) is 8.96. The maximum absolute atomic E-state index is 5.96. The zero-order valence-corrected chi connectivity index (χ0v) is 18.0. The number of ether oxygens (including phenoxy) is 1. The second kappa shape index (κ2) is 11.3. The normalized spacial score (nSPS) is 12.2. The number of aryl methyl sites for hydroxylation is 1. The van der Waals surface area contributed by atoms with Gasteiger partial charge in [0.05, 0.1) is 7.11 Å². The molecule has 3 N–H and O–H groups in total. The minimum absolute atomic E-state index is 0. The first-order chi connectivity index (χ1) is 11.6. The summed E-state index contributed by atoms with van der Waals surface area (Å²) in [4.78, 5) is 5.59. The molecule has 136 valence electrons. The van der Waals surface area contributed by atoms with E-state index in [1.54, 1.807) is 18.9 Å². The van der Waals surface area contributed by atoms with Gasteiger partial charge >= 0.3 is 0 Å². The molecular weight excluding hydrogens is 445 g/mol.